The summed E-state index contributed by atoms with van der Waals surface area (Å²) in [4.78, 5) is 14.0. The van der Waals surface area contributed by atoms with Crippen molar-refractivity contribution in [3.63, 3.8) is 0 Å². The van der Waals surface area contributed by atoms with E-state index in [9.17, 15) is 22.0 Å². The van der Waals surface area contributed by atoms with E-state index in [-0.39, 0.29) is 21.2 Å². The molecule has 0 spiro atoms. The van der Waals surface area contributed by atoms with Gasteiger partial charge in [-0.2, -0.15) is 8.42 Å². The summed E-state index contributed by atoms with van der Waals surface area (Å²) in [7, 11) is -2.09. The number of rotatable bonds is 4. The maximum Gasteiger partial charge on any atom is 0.283 e. The molecular formula is C18H16ClF2N3O3S. The molecule has 0 aliphatic carbocycles. The molecule has 6 nitrogen and oxygen atoms in total. The summed E-state index contributed by atoms with van der Waals surface area (Å²) < 4.78 is 55.1. The third-order valence-electron chi connectivity index (χ3n) is 4.22. The van der Waals surface area contributed by atoms with Crippen molar-refractivity contribution in [2.45, 2.75) is 17.7 Å². The maximum atomic E-state index is 13.3. The molecule has 2 aromatic rings. The molecule has 0 unspecified atom stereocenters. The van der Waals surface area contributed by atoms with E-state index in [0.717, 1.165) is 13.0 Å². The number of carbonyl (C=O) groups is 1. The third-order valence-corrected chi connectivity index (χ3v) is 5.86. The third kappa shape index (κ3) is 4.31. The number of sulfonamides is 1. The number of amides is 1. The summed E-state index contributed by atoms with van der Waals surface area (Å²) in [5.74, 6) is -2.62. The lowest BCUT2D eigenvalue weighted by Crippen LogP contribution is -2.20. The highest BCUT2D eigenvalue weighted by Crippen LogP contribution is 2.23. The summed E-state index contributed by atoms with van der Waals surface area (Å²) in [6.07, 6.45) is 1.45. The summed E-state index contributed by atoms with van der Waals surface area (Å²) in [6.45, 7) is 0.756. The summed E-state index contributed by atoms with van der Waals surface area (Å²) in [5, 5.41) is 2.21. The Morgan fingerprint density at radius 2 is 1.82 bits per heavy atom. The fourth-order valence-corrected chi connectivity index (χ4v) is 4.04. The van der Waals surface area contributed by atoms with E-state index in [1.54, 1.807) is 11.9 Å². The van der Waals surface area contributed by atoms with Gasteiger partial charge < -0.3 is 10.2 Å². The van der Waals surface area contributed by atoms with Crippen molar-refractivity contribution in [2.24, 2.45) is 4.40 Å². The summed E-state index contributed by atoms with van der Waals surface area (Å²) in [5.41, 5.74) is 0.0170. The molecule has 1 saturated heterocycles. The first-order valence-corrected chi connectivity index (χ1v) is 10.1. The van der Waals surface area contributed by atoms with Crippen LogP contribution in [0, 0.1) is 11.6 Å². The highest BCUT2D eigenvalue weighted by atomic mass is 35.5. The quantitative estimate of drug-likeness (QED) is 0.755. The maximum absolute atomic E-state index is 13.3. The van der Waals surface area contributed by atoms with E-state index in [1.165, 1.54) is 24.3 Å². The predicted octanol–water partition coefficient (Wildman–Crippen LogP) is 3.68. The fraction of sp³-hybridized carbons (Fsp3) is 0.222. The van der Waals surface area contributed by atoms with Crippen LogP contribution in [0.4, 0.5) is 14.5 Å². The molecule has 10 heteroatoms. The van der Waals surface area contributed by atoms with Gasteiger partial charge in [0.2, 0.25) is 0 Å². The second kappa shape index (κ2) is 7.84. The van der Waals surface area contributed by atoms with E-state index in [1.807, 2.05) is 0 Å². The Bertz CT molecular complexity index is 1060. The minimum atomic E-state index is -3.87. The molecule has 3 rings (SSSR count). The second-order valence-electron chi connectivity index (χ2n) is 6.23. The molecule has 1 amide bonds. The highest BCUT2D eigenvalue weighted by molar-refractivity contribution is 7.90. The van der Waals surface area contributed by atoms with E-state index < -0.39 is 27.6 Å². The van der Waals surface area contributed by atoms with E-state index in [2.05, 4.69) is 9.71 Å². The van der Waals surface area contributed by atoms with Gasteiger partial charge in [-0.05, 0) is 42.8 Å². The van der Waals surface area contributed by atoms with Gasteiger partial charge >= 0.3 is 0 Å². The Balaban J connectivity index is 1.78. The van der Waals surface area contributed by atoms with E-state index in [0.29, 0.717) is 24.4 Å². The van der Waals surface area contributed by atoms with Gasteiger partial charge in [0.25, 0.3) is 15.9 Å². The molecule has 0 bridgehead atoms. The standard InChI is InChI=1S/C18H16ClF2N3O3S/c1-24-8-2-3-17(24)23-28(26,27)12-6-4-11(5-7-12)22-18(25)13-9-15(20)16(21)10-14(13)19/h4-7,9-10H,2-3,8H2,1H3,(H,22,25)/b23-17-. The number of nitrogens with zero attached hydrogens (tertiary/aromatic N) is 2. The van der Waals surface area contributed by atoms with Gasteiger partial charge in [-0.1, -0.05) is 11.6 Å². The zero-order chi connectivity index (χ0) is 20.5. The van der Waals surface area contributed by atoms with Gasteiger partial charge in [-0.25, -0.2) is 8.78 Å². The van der Waals surface area contributed by atoms with Crippen LogP contribution in [0.3, 0.4) is 0 Å². The van der Waals surface area contributed by atoms with Crippen molar-refractivity contribution in [2.75, 3.05) is 18.9 Å². The van der Waals surface area contributed by atoms with Crippen LogP contribution in [-0.2, 0) is 10.0 Å². The van der Waals surface area contributed by atoms with Crippen LogP contribution in [0.15, 0.2) is 45.7 Å². The molecule has 148 valence electrons. The van der Waals surface area contributed by atoms with E-state index >= 15 is 0 Å². The Labute approximate surface area is 165 Å². The summed E-state index contributed by atoms with van der Waals surface area (Å²) in [6, 6.07) is 6.75. The Kier molecular flexibility index (Phi) is 5.66. The Hall–Kier alpha value is -2.52. The van der Waals surface area contributed by atoms with Crippen molar-refractivity contribution in [1.29, 1.82) is 0 Å². The van der Waals surface area contributed by atoms with Gasteiger partial charge in [0.15, 0.2) is 11.6 Å². The first-order valence-electron chi connectivity index (χ1n) is 8.28. The first-order chi connectivity index (χ1) is 13.2. The molecule has 0 radical (unpaired) electrons. The molecule has 1 heterocycles. The minimum absolute atomic E-state index is 0.0239. The molecular weight excluding hydrogens is 412 g/mol. The number of anilines is 1. The number of hydrogen-bond donors (Lipinski definition) is 1. The number of halogens is 3. The predicted molar refractivity (Wildman–Crippen MR) is 102 cm³/mol. The van der Waals surface area contributed by atoms with Gasteiger partial charge in [-0.3, -0.25) is 4.79 Å². The minimum Gasteiger partial charge on any atom is -0.362 e. The Morgan fingerprint density at radius 3 is 2.43 bits per heavy atom. The van der Waals surface area contributed by atoms with Gasteiger partial charge in [0, 0.05) is 25.7 Å². The average Bonchev–Trinajstić information content (AvgIpc) is 3.02. The van der Waals surface area contributed by atoms with E-state index in [4.69, 9.17) is 11.6 Å². The van der Waals surface area contributed by atoms with Crippen molar-refractivity contribution < 1.29 is 22.0 Å². The number of amidine groups is 1. The second-order valence-corrected chi connectivity index (χ2v) is 8.24. The van der Waals surface area contributed by atoms with Crippen LogP contribution in [0.5, 0.6) is 0 Å². The smallest absolute Gasteiger partial charge is 0.283 e. The van der Waals surface area contributed by atoms with Gasteiger partial charge in [-0.15, -0.1) is 4.40 Å². The lowest BCUT2D eigenvalue weighted by molar-refractivity contribution is 0.102. The SMILES string of the molecule is CN1CCC/C1=N/S(=O)(=O)c1ccc(NC(=O)c2cc(F)c(F)cc2Cl)cc1. The van der Waals surface area contributed by atoms with Gasteiger partial charge in [0.1, 0.15) is 5.84 Å². The zero-order valence-corrected chi connectivity index (χ0v) is 16.3. The average molecular weight is 428 g/mol. The van der Waals surface area contributed by atoms with Gasteiger partial charge in [0.05, 0.1) is 15.5 Å². The first kappa shape index (κ1) is 20.2. The lowest BCUT2D eigenvalue weighted by Gasteiger charge is -2.11. The lowest BCUT2D eigenvalue weighted by atomic mass is 10.2. The molecule has 28 heavy (non-hydrogen) atoms. The molecule has 0 saturated carbocycles. The van der Waals surface area contributed by atoms with Crippen molar-refractivity contribution >= 4 is 39.1 Å². The van der Waals surface area contributed by atoms with Crippen molar-refractivity contribution in [1.82, 2.24) is 4.90 Å². The number of benzene rings is 2. The molecule has 1 fully saturated rings. The van der Waals surface area contributed by atoms with Crippen LogP contribution in [0.2, 0.25) is 5.02 Å². The molecule has 1 aliphatic heterocycles. The van der Waals surface area contributed by atoms with Crippen LogP contribution in [-0.4, -0.2) is 38.7 Å². The Morgan fingerprint density at radius 1 is 1.18 bits per heavy atom. The number of carbonyl (C=O) groups excluding carboxylic acids is 1. The highest BCUT2D eigenvalue weighted by Gasteiger charge is 2.20. The zero-order valence-electron chi connectivity index (χ0n) is 14.7. The molecule has 0 atom stereocenters. The van der Waals surface area contributed by atoms with Crippen LogP contribution in [0.1, 0.15) is 23.2 Å². The largest absolute Gasteiger partial charge is 0.362 e. The van der Waals surface area contributed by atoms with Crippen molar-refractivity contribution in [3.8, 4) is 0 Å². The number of nitrogens with one attached hydrogen (secondary N) is 1. The van der Waals surface area contributed by atoms with Crippen LogP contribution < -0.4 is 5.32 Å². The monoisotopic (exact) mass is 427 g/mol. The molecule has 0 aromatic heterocycles. The molecule has 2 aromatic carbocycles. The number of hydrogen-bond acceptors (Lipinski definition) is 3. The normalized spacial score (nSPS) is 15.9. The summed E-state index contributed by atoms with van der Waals surface area (Å²) >= 11 is 5.77. The van der Waals surface area contributed by atoms with Crippen LogP contribution in [0.25, 0.3) is 0 Å². The van der Waals surface area contributed by atoms with Crippen LogP contribution >= 0.6 is 11.6 Å². The molecule has 1 aliphatic rings. The van der Waals surface area contributed by atoms with Crippen molar-refractivity contribution in [3.05, 3.63) is 58.6 Å². The fourth-order valence-electron chi connectivity index (χ4n) is 2.71. The molecule has 1 N–H and O–H groups in total. The topological polar surface area (TPSA) is 78.8 Å². The number of likely N-dealkylation sites (tertiary alicyclic amines) is 1.